The zero-order valence-corrected chi connectivity index (χ0v) is 15.2. The standard InChI is InChI=1S/C17H27N3O3S/c1-3-10-24(22,23)20-16-9-5-8-15(12(16)2)19-17(21)13-6-4-7-14(18)11-13/h5,8-9,13-14,20H,3-4,6-7,10-11,18H2,1-2H3,(H,19,21). The number of hydrogen-bond acceptors (Lipinski definition) is 4. The van der Waals surface area contributed by atoms with Crippen molar-refractivity contribution in [1.82, 2.24) is 0 Å². The van der Waals surface area contributed by atoms with Gasteiger partial charge in [-0.2, -0.15) is 0 Å². The highest BCUT2D eigenvalue weighted by atomic mass is 32.2. The number of carbonyl (C=O) groups is 1. The maximum absolute atomic E-state index is 12.5. The van der Waals surface area contributed by atoms with Gasteiger partial charge in [0, 0.05) is 17.6 Å². The molecule has 0 bridgehead atoms. The molecule has 134 valence electrons. The normalized spacial score (nSPS) is 21.3. The van der Waals surface area contributed by atoms with E-state index in [0.717, 1.165) is 19.3 Å². The number of benzene rings is 1. The molecule has 1 fully saturated rings. The van der Waals surface area contributed by atoms with E-state index in [9.17, 15) is 13.2 Å². The molecule has 1 aromatic carbocycles. The molecule has 2 atom stereocenters. The summed E-state index contributed by atoms with van der Waals surface area (Å²) in [5.74, 6) is -0.0430. The van der Waals surface area contributed by atoms with Gasteiger partial charge >= 0.3 is 0 Å². The second-order valence-electron chi connectivity index (χ2n) is 6.51. The number of rotatable bonds is 6. The molecule has 1 aliphatic carbocycles. The van der Waals surface area contributed by atoms with Gasteiger partial charge in [-0.1, -0.05) is 19.4 Å². The molecule has 2 rings (SSSR count). The molecule has 1 amide bonds. The molecule has 7 heteroatoms. The lowest BCUT2D eigenvalue weighted by Gasteiger charge is -2.26. The Bertz CT molecular complexity index is 688. The highest BCUT2D eigenvalue weighted by Crippen LogP contribution is 2.28. The van der Waals surface area contributed by atoms with Gasteiger partial charge in [0.1, 0.15) is 0 Å². The molecule has 0 aromatic heterocycles. The van der Waals surface area contributed by atoms with E-state index in [1.807, 2.05) is 6.92 Å². The molecule has 4 N–H and O–H groups in total. The summed E-state index contributed by atoms with van der Waals surface area (Å²) in [6.45, 7) is 3.61. The van der Waals surface area contributed by atoms with Gasteiger partial charge in [-0.15, -0.1) is 0 Å². The quantitative estimate of drug-likeness (QED) is 0.731. The van der Waals surface area contributed by atoms with Gasteiger partial charge in [0.25, 0.3) is 0 Å². The van der Waals surface area contributed by atoms with Crippen LogP contribution in [0, 0.1) is 12.8 Å². The monoisotopic (exact) mass is 353 g/mol. The van der Waals surface area contributed by atoms with Crippen molar-refractivity contribution in [2.45, 2.75) is 52.0 Å². The molecule has 1 saturated carbocycles. The van der Waals surface area contributed by atoms with Crippen molar-refractivity contribution in [2.24, 2.45) is 11.7 Å². The fraction of sp³-hybridized carbons (Fsp3) is 0.588. The number of nitrogens with two attached hydrogens (primary N) is 1. The van der Waals surface area contributed by atoms with E-state index in [2.05, 4.69) is 10.0 Å². The van der Waals surface area contributed by atoms with Crippen LogP contribution in [0.15, 0.2) is 18.2 Å². The highest BCUT2D eigenvalue weighted by molar-refractivity contribution is 7.92. The Morgan fingerprint density at radius 3 is 2.67 bits per heavy atom. The van der Waals surface area contributed by atoms with E-state index >= 15 is 0 Å². The Hall–Kier alpha value is -1.60. The smallest absolute Gasteiger partial charge is 0.232 e. The minimum atomic E-state index is -3.36. The van der Waals surface area contributed by atoms with Crippen LogP contribution in [0.2, 0.25) is 0 Å². The summed E-state index contributed by atoms with van der Waals surface area (Å²) < 4.78 is 26.5. The zero-order valence-electron chi connectivity index (χ0n) is 14.3. The van der Waals surface area contributed by atoms with Crippen LogP contribution in [0.5, 0.6) is 0 Å². The van der Waals surface area contributed by atoms with E-state index in [1.54, 1.807) is 25.1 Å². The number of anilines is 2. The molecule has 0 aliphatic heterocycles. The first-order valence-corrected chi connectivity index (χ1v) is 10.1. The van der Waals surface area contributed by atoms with Crippen LogP contribution in [-0.4, -0.2) is 26.1 Å². The first-order chi connectivity index (χ1) is 11.3. The Balaban J connectivity index is 2.11. The minimum Gasteiger partial charge on any atom is -0.328 e. The number of amides is 1. The van der Waals surface area contributed by atoms with E-state index in [0.29, 0.717) is 29.8 Å². The van der Waals surface area contributed by atoms with E-state index in [-0.39, 0.29) is 23.6 Å². The molecule has 1 aromatic rings. The average molecular weight is 353 g/mol. The lowest BCUT2D eigenvalue weighted by molar-refractivity contribution is -0.120. The van der Waals surface area contributed by atoms with Crippen LogP contribution in [0.1, 0.15) is 44.6 Å². The first kappa shape index (κ1) is 18.7. The fourth-order valence-electron chi connectivity index (χ4n) is 3.07. The lowest BCUT2D eigenvalue weighted by atomic mass is 9.85. The van der Waals surface area contributed by atoms with Crippen LogP contribution in [0.4, 0.5) is 11.4 Å². The summed E-state index contributed by atoms with van der Waals surface area (Å²) in [4.78, 5) is 12.5. The maximum atomic E-state index is 12.5. The molecular weight excluding hydrogens is 326 g/mol. The third-order valence-corrected chi connectivity index (χ3v) is 5.89. The number of carbonyl (C=O) groups excluding carboxylic acids is 1. The summed E-state index contributed by atoms with van der Waals surface area (Å²) in [7, 11) is -3.36. The van der Waals surface area contributed by atoms with Crippen LogP contribution in [-0.2, 0) is 14.8 Å². The lowest BCUT2D eigenvalue weighted by Crippen LogP contribution is -2.34. The molecule has 1 aliphatic rings. The molecular formula is C17H27N3O3S. The molecule has 0 spiro atoms. The van der Waals surface area contributed by atoms with Gasteiger partial charge in [-0.25, -0.2) is 8.42 Å². The molecule has 6 nitrogen and oxygen atoms in total. The van der Waals surface area contributed by atoms with Gasteiger partial charge in [0.2, 0.25) is 15.9 Å². The number of hydrogen-bond donors (Lipinski definition) is 3. The van der Waals surface area contributed by atoms with Crippen molar-refractivity contribution in [3.05, 3.63) is 23.8 Å². The summed E-state index contributed by atoms with van der Waals surface area (Å²) in [5, 5.41) is 2.93. The van der Waals surface area contributed by atoms with Crippen LogP contribution in [0.25, 0.3) is 0 Å². The minimum absolute atomic E-state index is 0.0400. The van der Waals surface area contributed by atoms with Crippen molar-refractivity contribution in [3.8, 4) is 0 Å². The van der Waals surface area contributed by atoms with Crippen molar-refractivity contribution in [3.63, 3.8) is 0 Å². The second-order valence-corrected chi connectivity index (χ2v) is 8.35. The molecule has 2 unspecified atom stereocenters. The van der Waals surface area contributed by atoms with Gasteiger partial charge in [-0.05, 0) is 50.3 Å². The second kappa shape index (κ2) is 7.98. The fourth-order valence-corrected chi connectivity index (χ4v) is 4.27. The van der Waals surface area contributed by atoms with E-state index < -0.39 is 10.0 Å². The van der Waals surface area contributed by atoms with Crippen molar-refractivity contribution in [2.75, 3.05) is 15.8 Å². The van der Waals surface area contributed by atoms with Gasteiger partial charge in [0.15, 0.2) is 0 Å². The molecule has 24 heavy (non-hydrogen) atoms. The van der Waals surface area contributed by atoms with E-state index in [1.165, 1.54) is 0 Å². The third-order valence-electron chi connectivity index (χ3n) is 4.42. The summed E-state index contributed by atoms with van der Waals surface area (Å²) in [6.07, 6.45) is 4.04. The van der Waals surface area contributed by atoms with Crippen LogP contribution >= 0.6 is 0 Å². The SMILES string of the molecule is CCCS(=O)(=O)Nc1cccc(NC(=O)C2CCCC(N)C2)c1C. The summed E-state index contributed by atoms with van der Waals surface area (Å²) >= 11 is 0. The van der Waals surface area contributed by atoms with Crippen LogP contribution in [0.3, 0.4) is 0 Å². The topological polar surface area (TPSA) is 101 Å². The summed E-state index contributed by atoms with van der Waals surface area (Å²) in [5.41, 5.74) is 7.80. The average Bonchev–Trinajstić information content (AvgIpc) is 2.51. The van der Waals surface area contributed by atoms with Crippen molar-refractivity contribution in [1.29, 1.82) is 0 Å². The highest BCUT2D eigenvalue weighted by Gasteiger charge is 2.25. The van der Waals surface area contributed by atoms with Gasteiger partial charge in [0.05, 0.1) is 11.4 Å². The predicted molar refractivity (Wildman–Crippen MR) is 97.4 cm³/mol. The largest absolute Gasteiger partial charge is 0.328 e. The molecule has 0 radical (unpaired) electrons. The Kier molecular flexibility index (Phi) is 6.23. The van der Waals surface area contributed by atoms with Gasteiger partial charge < -0.3 is 11.1 Å². The van der Waals surface area contributed by atoms with Crippen molar-refractivity contribution >= 4 is 27.3 Å². The molecule has 0 saturated heterocycles. The number of sulfonamides is 1. The predicted octanol–water partition coefficient (Wildman–Crippen LogP) is 2.60. The Morgan fingerprint density at radius 1 is 1.29 bits per heavy atom. The van der Waals surface area contributed by atoms with E-state index in [4.69, 9.17) is 5.73 Å². The first-order valence-electron chi connectivity index (χ1n) is 8.49. The van der Waals surface area contributed by atoms with Gasteiger partial charge in [-0.3, -0.25) is 9.52 Å². The Labute approximate surface area is 144 Å². The van der Waals surface area contributed by atoms with Crippen LogP contribution < -0.4 is 15.8 Å². The zero-order chi connectivity index (χ0) is 17.7. The Morgan fingerprint density at radius 2 is 2.00 bits per heavy atom. The maximum Gasteiger partial charge on any atom is 0.232 e. The third kappa shape index (κ3) is 4.95. The van der Waals surface area contributed by atoms with Crippen molar-refractivity contribution < 1.29 is 13.2 Å². The number of nitrogens with one attached hydrogen (secondary N) is 2. The summed E-state index contributed by atoms with van der Waals surface area (Å²) in [6, 6.07) is 5.31. The molecule has 0 heterocycles.